The molecule has 0 amide bonds. The maximum atomic E-state index is 12.0. The second-order valence-corrected chi connectivity index (χ2v) is 5.64. The molecule has 0 N–H and O–H groups in total. The number of carbonyl (C=O) groups is 1. The summed E-state index contributed by atoms with van der Waals surface area (Å²) in [4.78, 5) is 12.0. The van der Waals surface area contributed by atoms with Gasteiger partial charge in [-0.2, -0.15) is 0 Å². The van der Waals surface area contributed by atoms with Gasteiger partial charge in [0.15, 0.2) is 5.78 Å². The van der Waals surface area contributed by atoms with Gasteiger partial charge in [0.05, 0.1) is 0 Å². The van der Waals surface area contributed by atoms with Gasteiger partial charge in [0, 0.05) is 31.4 Å². The molecule has 15 heavy (non-hydrogen) atoms. The highest BCUT2D eigenvalue weighted by atomic mass is 79.9. The summed E-state index contributed by atoms with van der Waals surface area (Å²) in [7, 11) is 0. The van der Waals surface area contributed by atoms with E-state index in [1.54, 1.807) is 11.3 Å². The van der Waals surface area contributed by atoms with Crippen molar-refractivity contribution in [1.82, 2.24) is 0 Å². The second kappa shape index (κ2) is 3.42. The monoisotopic (exact) mass is 280 g/mol. The summed E-state index contributed by atoms with van der Waals surface area (Å²) < 4.78 is 2.27. The van der Waals surface area contributed by atoms with Crippen molar-refractivity contribution in [2.24, 2.45) is 5.92 Å². The third-order valence-electron chi connectivity index (χ3n) is 2.77. The van der Waals surface area contributed by atoms with Gasteiger partial charge in [0.2, 0.25) is 0 Å². The first kappa shape index (κ1) is 9.55. The molecule has 1 aliphatic carbocycles. The average molecular weight is 281 g/mol. The molecular formula is C12H9BrOS. The van der Waals surface area contributed by atoms with Crippen molar-refractivity contribution in [3.8, 4) is 0 Å². The Bertz CT molecular complexity index is 540. The minimum absolute atomic E-state index is 0.307. The summed E-state index contributed by atoms with van der Waals surface area (Å²) in [5.74, 6) is 0.640. The fraction of sp³-hybridized carbons (Fsp3) is 0.250. The van der Waals surface area contributed by atoms with E-state index in [0.29, 0.717) is 11.7 Å². The average Bonchev–Trinajstić information content (AvgIpc) is 2.98. The Kier molecular flexibility index (Phi) is 2.18. The maximum Gasteiger partial charge on any atom is 0.167 e. The zero-order valence-corrected chi connectivity index (χ0v) is 10.4. The minimum atomic E-state index is 0.307. The molecule has 1 fully saturated rings. The molecule has 0 aliphatic heterocycles. The van der Waals surface area contributed by atoms with Crippen molar-refractivity contribution in [1.29, 1.82) is 0 Å². The Labute approximate surface area is 100 Å². The summed E-state index contributed by atoms with van der Waals surface area (Å²) in [5, 5.41) is 3.10. The quantitative estimate of drug-likeness (QED) is 0.752. The van der Waals surface area contributed by atoms with Gasteiger partial charge in [-0.3, -0.25) is 4.79 Å². The first-order valence-corrected chi connectivity index (χ1v) is 6.64. The first-order valence-electron chi connectivity index (χ1n) is 4.97. The van der Waals surface area contributed by atoms with Gasteiger partial charge in [-0.1, -0.05) is 12.1 Å². The first-order chi connectivity index (χ1) is 7.27. The molecule has 0 saturated heterocycles. The Morgan fingerprint density at radius 1 is 1.40 bits per heavy atom. The topological polar surface area (TPSA) is 17.1 Å². The van der Waals surface area contributed by atoms with Gasteiger partial charge in [-0.05, 0) is 34.8 Å². The lowest BCUT2D eigenvalue weighted by atomic mass is 10.1. The number of ketones is 1. The van der Waals surface area contributed by atoms with E-state index in [1.165, 1.54) is 4.70 Å². The Balaban J connectivity index is 2.19. The molecule has 0 unspecified atom stereocenters. The van der Waals surface area contributed by atoms with Gasteiger partial charge in [-0.15, -0.1) is 11.3 Å². The van der Waals surface area contributed by atoms with Crippen molar-refractivity contribution in [3.05, 3.63) is 33.6 Å². The van der Waals surface area contributed by atoms with Crippen LogP contribution in [0.5, 0.6) is 0 Å². The standard InChI is InChI=1S/C12H9BrOS/c13-10-3-1-2-8-9(6-15-12(8)10)11(14)7-4-5-7/h1-3,6-7H,4-5H2. The highest BCUT2D eigenvalue weighted by molar-refractivity contribution is 9.10. The van der Waals surface area contributed by atoms with Crippen molar-refractivity contribution in [2.45, 2.75) is 12.8 Å². The Morgan fingerprint density at radius 2 is 2.20 bits per heavy atom. The van der Waals surface area contributed by atoms with E-state index in [0.717, 1.165) is 28.3 Å². The maximum absolute atomic E-state index is 12.0. The lowest BCUT2D eigenvalue weighted by Crippen LogP contribution is -1.99. The van der Waals surface area contributed by atoms with Crippen LogP contribution in [-0.4, -0.2) is 5.78 Å². The zero-order chi connectivity index (χ0) is 10.4. The fourth-order valence-electron chi connectivity index (χ4n) is 1.78. The number of Topliss-reactive ketones (excluding diaryl/α,β-unsaturated/α-hetero) is 1. The largest absolute Gasteiger partial charge is 0.294 e. The molecule has 1 saturated carbocycles. The van der Waals surface area contributed by atoms with Crippen LogP contribution in [0, 0.1) is 5.92 Å². The molecule has 3 rings (SSSR count). The molecular weight excluding hydrogens is 272 g/mol. The number of hydrogen-bond donors (Lipinski definition) is 0. The number of carbonyl (C=O) groups excluding carboxylic acids is 1. The van der Waals surface area contributed by atoms with E-state index in [-0.39, 0.29) is 0 Å². The summed E-state index contributed by atoms with van der Waals surface area (Å²) in [6, 6.07) is 6.04. The summed E-state index contributed by atoms with van der Waals surface area (Å²) in [6.45, 7) is 0. The zero-order valence-electron chi connectivity index (χ0n) is 8.00. The van der Waals surface area contributed by atoms with Crippen LogP contribution in [0.4, 0.5) is 0 Å². The van der Waals surface area contributed by atoms with Crippen LogP contribution in [0.1, 0.15) is 23.2 Å². The molecule has 0 bridgehead atoms. The second-order valence-electron chi connectivity index (χ2n) is 3.90. The predicted molar refractivity (Wildman–Crippen MR) is 66.6 cm³/mol. The lowest BCUT2D eigenvalue weighted by Gasteiger charge is -1.97. The number of rotatable bonds is 2. The van der Waals surface area contributed by atoms with Crippen LogP contribution >= 0.6 is 27.3 Å². The number of fused-ring (bicyclic) bond motifs is 1. The van der Waals surface area contributed by atoms with Crippen LogP contribution in [-0.2, 0) is 0 Å². The fourth-order valence-corrected chi connectivity index (χ4v) is 3.39. The lowest BCUT2D eigenvalue weighted by molar-refractivity contribution is 0.0969. The van der Waals surface area contributed by atoms with E-state index in [1.807, 2.05) is 23.6 Å². The third-order valence-corrected chi connectivity index (χ3v) is 4.72. The van der Waals surface area contributed by atoms with Crippen molar-refractivity contribution >= 4 is 43.1 Å². The van der Waals surface area contributed by atoms with Crippen LogP contribution in [0.2, 0.25) is 0 Å². The predicted octanol–water partition coefficient (Wildman–Crippen LogP) is 4.26. The van der Waals surface area contributed by atoms with Crippen molar-refractivity contribution < 1.29 is 4.79 Å². The van der Waals surface area contributed by atoms with Crippen molar-refractivity contribution in [3.63, 3.8) is 0 Å². The SMILES string of the molecule is O=C(c1csc2c(Br)cccc12)C1CC1. The molecule has 1 aliphatic rings. The van der Waals surface area contributed by atoms with Gasteiger partial charge in [0.1, 0.15) is 0 Å². The molecule has 0 atom stereocenters. The molecule has 0 radical (unpaired) electrons. The molecule has 76 valence electrons. The number of thiophene rings is 1. The smallest absolute Gasteiger partial charge is 0.167 e. The Hall–Kier alpha value is -0.670. The van der Waals surface area contributed by atoms with Gasteiger partial charge >= 0.3 is 0 Å². The molecule has 1 aromatic carbocycles. The third kappa shape index (κ3) is 1.54. The van der Waals surface area contributed by atoms with E-state index in [4.69, 9.17) is 0 Å². The normalized spacial score (nSPS) is 15.8. The van der Waals surface area contributed by atoms with Crippen molar-refractivity contribution in [2.75, 3.05) is 0 Å². The number of halogens is 1. The molecule has 1 nitrogen and oxygen atoms in total. The van der Waals surface area contributed by atoms with Crippen LogP contribution in [0.25, 0.3) is 10.1 Å². The van der Waals surface area contributed by atoms with E-state index >= 15 is 0 Å². The van der Waals surface area contributed by atoms with Crippen LogP contribution < -0.4 is 0 Å². The minimum Gasteiger partial charge on any atom is -0.294 e. The molecule has 3 heteroatoms. The van der Waals surface area contributed by atoms with Gasteiger partial charge in [-0.25, -0.2) is 0 Å². The van der Waals surface area contributed by atoms with Gasteiger partial charge in [0.25, 0.3) is 0 Å². The van der Waals surface area contributed by atoms with Crippen LogP contribution in [0.15, 0.2) is 28.1 Å². The Morgan fingerprint density at radius 3 is 2.93 bits per heavy atom. The van der Waals surface area contributed by atoms with E-state index in [9.17, 15) is 4.79 Å². The van der Waals surface area contributed by atoms with E-state index in [2.05, 4.69) is 15.9 Å². The summed E-state index contributed by atoms with van der Waals surface area (Å²) >= 11 is 5.16. The van der Waals surface area contributed by atoms with E-state index < -0.39 is 0 Å². The number of benzene rings is 1. The summed E-state index contributed by atoms with van der Waals surface area (Å²) in [6.07, 6.45) is 2.15. The van der Waals surface area contributed by atoms with Crippen LogP contribution in [0.3, 0.4) is 0 Å². The molecule has 1 aromatic heterocycles. The van der Waals surface area contributed by atoms with Gasteiger partial charge < -0.3 is 0 Å². The number of hydrogen-bond acceptors (Lipinski definition) is 2. The highest BCUT2D eigenvalue weighted by Crippen LogP contribution is 2.38. The highest BCUT2D eigenvalue weighted by Gasteiger charge is 2.31. The molecule has 2 aromatic rings. The molecule has 1 heterocycles. The summed E-state index contributed by atoms with van der Waals surface area (Å²) in [5.41, 5.74) is 0.916. The molecule has 0 spiro atoms.